The molecule has 0 saturated carbocycles. The Kier molecular flexibility index (Phi) is 9.46. The van der Waals surface area contributed by atoms with Gasteiger partial charge in [-0.25, -0.2) is 0 Å². The molecule has 0 aliphatic carbocycles. The van der Waals surface area contributed by atoms with Gasteiger partial charge < -0.3 is 15.0 Å². The smallest absolute Gasteiger partial charge is 0.120 e. The van der Waals surface area contributed by atoms with Gasteiger partial charge in [0.1, 0.15) is 5.75 Å². The van der Waals surface area contributed by atoms with Gasteiger partial charge in [-0.3, -0.25) is 0 Å². The van der Waals surface area contributed by atoms with Crippen LogP contribution >= 0.6 is 12.6 Å². The maximum atomic E-state index is 9.94. The van der Waals surface area contributed by atoms with E-state index in [0.717, 1.165) is 38.8 Å². The number of nitrogens with one attached hydrogen (secondary N) is 1. The van der Waals surface area contributed by atoms with E-state index in [4.69, 9.17) is 0 Å². The molecule has 0 amide bonds. The van der Waals surface area contributed by atoms with E-state index in [1.807, 2.05) is 72.0 Å². The molecule has 2 rings (SSSR count). The Hall–Kier alpha value is -2.59. The predicted molar refractivity (Wildman–Crippen MR) is 128 cm³/mol. The second-order valence-electron chi connectivity index (χ2n) is 6.13. The average Bonchev–Trinajstić information content (AvgIpc) is 3.01. The van der Waals surface area contributed by atoms with Crippen molar-refractivity contribution in [1.29, 1.82) is 0 Å². The first kappa shape index (κ1) is 23.4. The first-order chi connectivity index (χ1) is 13.4. The fourth-order valence-corrected chi connectivity index (χ4v) is 3.07. The minimum atomic E-state index is 0.280. The van der Waals surface area contributed by atoms with Crippen molar-refractivity contribution < 1.29 is 5.11 Å². The lowest BCUT2D eigenvalue weighted by atomic mass is 10.2. The van der Waals surface area contributed by atoms with Crippen LogP contribution in [0.3, 0.4) is 0 Å². The lowest BCUT2D eigenvalue weighted by Crippen LogP contribution is -2.30. The molecule has 0 spiro atoms. The van der Waals surface area contributed by atoms with Gasteiger partial charge >= 0.3 is 0 Å². The highest BCUT2D eigenvalue weighted by atomic mass is 32.1. The molecule has 0 unspecified atom stereocenters. The molecule has 28 heavy (non-hydrogen) atoms. The molecule has 1 aromatic carbocycles. The third-order valence-corrected chi connectivity index (χ3v) is 4.56. The van der Waals surface area contributed by atoms with Crippen molar-refractivity contribution in [3.05, 3.63) is 76.3 Å². The number of aromatic hydroxyl groups is 1. The summed E-state index contributed by atoms with van der Waals surface area (Å²) in [4.78, 5) is 0. The summed E-state index contributed by atoms with van der Waals surface area (Å²) in [5.74, 6) is 0.280. The van der Waals surface area contributed by atoms with Crippen molar-refractivity contribution >= 4 is 35.7 Å². The van der Waals surface area contributed by atoms with E-state index in [1.54, 1.807) is 17.6 Å². The summed E-state index contributed by atoms with van der Waals surface area (Å²) >= 11 is 4.35. The second-order valence-corrected chi connectivity index (χ2v) is 6.38. The highest BCUT2D eigenvalue weighted by molar-refractivity contribution is 7.83. The Morgan fingerprint density at radius 3 is 2.46 bits per heavy atom. The number of benzene rings is 1. The molecule has 1 aromatic heterocycles. The van der Waals surface area contributed by atoms with Crippen LogP contribution in [0.25, 0.3) is 17.3 Å². The van der Waals surface area contributed by atoms with E-state index in [1.165, 1.54) is 0 Å². The van der Waals surface area contributed by atoms with Crippen LogP contribution in [0.2, 0.25) is 0 Å². The summed E-state index contributed by atoms with van der Waals surface area (Å²) in [6.45, 7) is 13.7. The molecule has 0 saturated heterocycles. The number of allylic oxidation sites excluding steroid dienone is 4. The molecule has 2 N–H and O–H groups in total. The summed E-state index contributed by atoms with van der Waals surface area (Å²) in [5, 5.41) is 17.2. The molecular weight excluding hydrogens is 364 g/mol. The van der Waals surface area contributed by atoms with Crippen LogP contribution in [0.1, 0.15) is 39.0 Å². The van der Waals surface area contributed by atoms with Crippen molar-refractivity contribution in [3.63, 3.8) is 0 Å². The summed E-state index contributed by atoms with van der Waals surface area (Å²) in [6, 6.07) is 7.72. The van der Waals surface area contributed by atoms with E-state index < -0.39 is 0 Å². The Labute approximate surface area is 174 Å². The van der Waals surface area contributed by atoms with Gasteiger partial charge in [0.25, 0.3) is 0 Å². The first-order valence-electron chi connectivity index (χ1n) is 9.46. The fraction of sp³-hybridized carbons (Fsp3) is 0.250. The lowest BCUT2D eigenvalue weighted by Gasteiger charge is -2.08. The largest absolute Gasteiger partial charge is 0.508 e. The maximum absolute atomic E-state index is 9.94. The number of aromatic nitrogens is 1. The molecule has 0 aliphatic rings. The van der Waals surface area contributed by atoms with Gasteiger partial charge in [0.05, 0.1) is 0 Å². The molecule has 0 fully saturated rings. The highest BCUT2D eigenvalue weighted by Gasteiger charge is 2.08. The van der Waals surface area contributed by atoms with Crippen molar-refractivity contribution in [2.45, 2.75) is 34.6 Å². The van der Waals surface area contributed by atoms with E-state index in [0.29, 0.717) is 0 Å². The molecule has 0 radical (unpaired) electrons. The zero-order valence-electron chi connectivity index (χ0n) is 17.7. The summed E-state index contributed by atoms with van der Waals surface area (Å²) in [6.07, 6.45) is 7.80. The maximum Gasteiger partial charge on any atom is 0.120 e. The van der Waals surface area contributed by atoms with Gasteiger partial charge in [0, 0.05) is 46.3 Å². The van der Waals surface area contributed by atoms with E-state index >= 15 is 0 Å². The Balaban J connectivity index is 0.00000190. The molecule has 4 heteroatoms. The number of rotatable bonds is 5. The number of anilines is 1. The number of phenols is 1. The van der Waals surface area contributed by atoms with Gasteiger partial charge in [-0.2, -0.15) is 12.6 Å². The molecular formula is C24H32N2OS. The van der Waals surface area contributed by atoms with Gasteiger partial charge in [-0.05, 0) is 50.0 Å². The predicted octanol–water partition coefficient (Wildman–Crippen LogP) is 5.12. The van der Waals surface area contributed by atoms with E-state index in [-0.39, 0.29) is 5.75 Å². The van der Waals surface area contributed by atoms with Crippen molar-refractivity contribution in [2.24, 2.45) is 7.05 Å². The second kappa shape index (κ2) is 11.3. The standard InChI is InChI=1S/C22H26N2OS.C2H6/c1-6-8-17(14-26)21-13-19(20(9-7-2)24(21)5)16(4)23-18-11-10-15(3)22(25)12-18;1-2/h6-14,23,25-26H,2H2,1,3-5H3;1-2H3/b8-6-,17-14+,19-16+,20-9+;. The van der Waals surface area contributed by atoms with Gasteiger partial charge in [-0.1, -0.05) is 44.7 Å². The minimum Gasteiger partial charge on any atom is -0.508 e. The van der Waals surface area contributed by atoms with Crippen LogP contribution in [-0.2, 0) is 7.05 Å². The quantitative estimate of drug-likeness (QED) is 0.485. The Morgan fingerprint density at radius 1 is 1.25 bits per heavy atom. The van der Waals surface area contributed by atoms with Crippen LogP contribution in [0.5, 0.6) is 5.75 Å². The zero-order valence-corrected chi connectivity index (χ0v) is 18.6. The van der Waals surface area contributed by atoms with Crippen molar-refractivity contribution in [3.8, 4) is 5.75 Å². The topological polar surface area (TPSA) is 37.2 Å². The Bertz CT molecular complexity index is 994. The number of hydrogen-bond donors (Lipinski definition) is 3. The summed E-state index contributed by atoms with van der Waals surface area (Å²) in [7, 11) is 2.03. The summed E-state index contributed by atoms with van der Waals surface area (Å²) in [5.41, 5.74) is 4.78. The third kappa shape index (κ3) is 5.46. The van der Waals surface area contributed by atoms with Gasteiger partial charge in [0.15, 0.2) is 0 Å². The SMILES string of the molecule is C=C/C=c1\c(=C(/C)Nc2ccc(C)c(O)c2)cc(C(/C=C\C)=C/S)n1C.CC. The van der Waals surface area contributed by atoms with E-state index in [9.17, 15) is 5.11 Å². The first-order valence-corrected chi connectivity index (χ1v) is 9.98. The fourth-order valence-electron chi connectivity index (χ4n) is 2.85. The third-order valence-electron chi connectivity index (χ3n) is 4.28. The molecule has 0 bridgehead atoms. The van der Waals surface area contributed by atoms with Gasteiger partial charge in [-0.15, -0.1) is 0 Å². The van der Waals surface area contributed by atoms with Crippen LogP contribution in [0.15, 0.2) is 54.5 Å². The highest BCUT2D eigenvalue weighted by Crippen LogP contribution is 2.22. The number of aryl methyl sites for hydroxylation is 1. The molecule has 150 valence electrons. The number of nitrogens with zero attached hydrogens (tertiary/aromatic N) is 1. The number of phenolic OH excluding ortho intramolecular Hbond substituents is 1. The van der Waals surface area contributed by atoms with Crippen LogP contribution in [0, 0.1) is 6.92 Å². The molecule has 0 atom stereocenters. The Morgan fingerprint density at radius 2 is 1.93 bits per heavy atom. The molecule has 1 heterocycles. The molecule has 3 nitrogen and oxygen atoms in total. The van der Waals surface area contributed by atoms with Crippen molar-refractivity contribution in [1.82, 2.24) is 4.57 Å². The van der Waals surface area contributed by atoms with Crippen LogP contribution in [-0.4, -0.2) is 9.67 Å². The zero-order chi connectivity index (χ0) is 21.3. The van der Waals surface area contributed by atoms with Crippen LogP contribution < -0.4 is 15.9 Å². The van der Waals surface area contributed by atoms with Gasteiger partial charge in [0.2, 0.25) is 0 Å². The number of hydrogen-bond acceptors (Lipinski definition) is 3. The molecule has 2 aromatic rings. The number of thiol groups is 1. The average molecular weight is 397 g/mol. The minimum absolute atomic E-state index is 0.280. The van der Waals surface area contributed by atoms with Crippen molar-refractivity contribution in [2.75, 3.05) is 5.32 Å². The lowest BCUT2D eigenvalue weighted by molar-refractivity contribution is 0.471. The summed E-state index contributed by atoms with van der Waals surface area (Å²) < 4.78 is 2.12. The molecule has 0 aliphatic heterocycles. The monoisotopic (exact) mass is 396 g/mol. The van der Waals surface area contributed by atoms with E-state index in [2.05, 4.69) is 35.2 Å². The normalized spacial score (nSPS) is 13.2. The van der Waals surface area contributed by atoms with Crippen LogP contribution in [0.4, 0.5) is 5.69 Å².